The number of imidazole rings is 1. The van der Waals surface area contributed by atoms with Crippen molar-refractivity contribution < 1.29 is 13.2 Å². The van der Waals surface area contributed by atoms with Gasteiger partial charge in [-0.3, -0.25) is 4.90 Å². The first kappa shape index (κ1) is 20.7. The highest BCUT2D eigenvalue weighted by atomic mass is 35.5. The molecule has 0 saturated carbocycles. The van der Waals surface area contributed by atoms with Crippen LogP contribution in [0.15, 0.2) is 47.4 Å². The summed E-state index contributed by atoms with van der Waals surface area (Å²) in [6.45, 7) is 2.86. The van der Waals surface area contributed by atoms with Gasteiger partial charge >= 0.3 is 0 Å². The Morgan fingerprint density at radius 3 is 2.68 bits per heavy atom. The van der Waals surface area contributed by atoms with Crippen molar-refractivity contribution in [1.82, 2.24) is 13.9 Å². The maximum atomic E-state index is 13.0. The lowest BCUT2D eigenvalue weighted by Crippen LogP contribution is -2.40. The Labute approximate surface area is 190 Å². The lowest BCUT2D eigenvalue weighted by Gasteiger charge is -2.26. The van der Waals surface area contributed by atoms with E-state index >= 15 is 0 Å². The predicted octanol–water partition coefficient (Wildman–Crippen LogP) is 2.93. The molecule has 1 fully saturated rings. The Hall–Kier alpha value is -2.24. The summed E-state index contributed by atoms with van der Waals surface area (Å²) in [5.74, 6) is 0.756. The van der Waals surface area contributed by atoms with Crippen molar-refractivity contribution in [2.75, 3.05) is 43.1 Å². The molecule has 0 radical (unpaired) electrons. The van der Waals surface area contributed by atoms with E-state index < -0.39 is 10.0 Å². The minimum absolute atomic E-state index is 0.165. The molecule has 1 aromatic heterocycles. The molecule has 11 heteroatoms. The first-order valence-electron chi connectivity index (χ1n) is 9.86. The van der Waals surface area contributed by atoms with Crippen LogP contribution in [0.2, 0.25) is 5.02 Å². The van der Waals surface area contributed by atoms with E-state index in [0.29, 0.717) is 48.7 Å². The van der Waals surface area contributed by atoms with Gasteiger partial charge < -0.3 is 14.6 Å². The Balaban J connectivity index is 1.41. The number of benzene rings is 2. The van der Waals surface area contributed by atoms with Crippen LogP contribution in [0.4, 0.5) is 11.6 Å². The fourth-order valence-electron chi connectivity index (χ4n) is 3.86. The number of aromatic nitrogens is 2. The van der Waals surface area contributed by atoms with Crippen LogP contribution < -0.4 is 10.2 Å². The summed E-state index contributed by atoms with van der Waals surface area (Å²) < 4.78 is 34.8. The number of morpholine rings is 1. The number of rotatable bonds is 3. The van der Waals surface area contributed by atoms with E-state index in [2.05, 4.69) is 9.88 Å². The van der Waals surface area contributed by atoms with Crippen LogP contribution in [-0.2, 0) is 21.3 Å². The van der Waals surface area contributed by atoms with Crippen molar-refractivity contribution in [2.24, 2.45) is 0 Å². The van der Waals surface area contributed by atoms with Crippen LogP contribution in [0, 0.1) is 0 Å². The molecular weight excluding hydrogens is 458 g/mol. The number of anilines is 2. The van der Waals surface area contributed by atoms with Crippen LogP contribution in [0.1, 0.15) is 0 Å². The van der Waals surface area contributed by atoms with Gasteiger partial charge in [0, 0.05) is 26.2 Å². The quantitative estimate of drug-likeness (QED) is 0.581. The molecule has 3 heterocycles. The molecule has 0 atom stereocenters. The first-order valence-corrected chi connectivity index (χ1v) is 12.1. The second-order valence-electron chi connectivity index (χ2n) is 7.29. The van der Waals surface area contributed by atoms with E-state index in [1.807, 2.05) is 29.2 Å². The molecule has 2 aliphatic heterocycles. The fourth-order valence-corrected chi connectivity index (χ4v) is 5.74. The molecule has 0 amide bonds. The van der Waals surface area contributed by atoms with E-state index in [9.17, 15) is 8.42 Å². The number of fused-ring (bicyclic) bond motifs is 3. The average Bonchev–Trinajstić information content (AvgIpc) is 3.35. The van der Waals surface area contributed by atoms with Gasteiger partial charge in [-0.15, -0.1) is 0 Å². The highest BCUT2D eigenvalue weighted by molar-refractivity contribution is 7.89. The van der Waals surface area contributed by atoms with Crippen LogP contribution in [0.25, 0.3) is 11.0 Å². The maximum Gasteiger partial charge on any atom is 0.243 e. The zero-order chi connectivity index (χ0) is 21.6. The Morgan fingerprint density at radius 2 is 1.87 bits per heavy atom. The number of nitrogens with zero attached hydrogens (tertiary/aromatic N) is 4. The van der Waals surface area contributed by atoms with E-state index in [0.717, 1.165) is 23.5 Å². The molecule has 1 N–H and O–H groups in total. The molecule has 5 rings (SSSR count). The summed E-state index contributed by atoms with van der Waals surface area (Å²) in [5, 5.41) is 3.92. The SMILES string of the molecule is O=S(=O)(c1ccc(Cl)c(NC(=S)N2CCn3c2nc2ccccc23)c1)N1CCOCC1. The van der Waals surface area contributed by atoms with Gasteiger partial charge in [0.1, 0.15) is 0 Å². The molecule has 31 heavy (non-hydrogen) atoms. The average molecular weight is 478 g/mol. The van der Waals surface area contributed by atoms with Crippen LogP contribution in [0.3, 0.4) is 0 Å². The molecule has 8 nitrogen and oxygen atoms in total. The van der Waals surface area contributed by atoms with E-state index in [1.165, 1.54) is 16.4 Å². The molecule has 0 spiro atoms. The second kappa shape index (κ2) is 8.03. The fraction of sp³-hybridized carbons (Fsp3) is 0.300. The van der Waals surface area contributed by atoms with Crippen molar-refractivity contribution in [1.29, 1.82) is 0 Å². The Bertz CT molecular complexity index is 1270. The monoisotopic (exact) mass is 477 g/mol. The molecule has 0 bridgehead atoms. The highest BCUT2D eigenvalue weighted by Crippen LogP contribution is 2.30. The van der Waals surface area contributed by atoms with Gasteiger partial charge in [-0.1, -0.05) is 23.7 Å². The van der Waals surface area contributed by atoms with Crippen LogP contribution in [0.5, 0.6) is 0 Å². The van der Waals surface area contributed by atoms with E-state index in [-0.39, 0.29) is 4.90 Å². The summed E-state index contributed by atoms with van der Waals surface area (Å²) in [4.78, 5) is 6.75. The van der Waals surface area contributed by atoms with Gasteiger partial charge in [0.05, 0.1) is 39.9 Å². The lowest BCUT2D eigenvalue weighted by atomic mass is 10.3. The molecule has 2 aromatic carbocycles. The molecule has 3 aromatic rings. The van der Waals surface area contributed by atoms with Crippen LogP contribution in [-0.4, -0.2) is 60.2 Å². The number of sulfonamides is 1. The normalized spacial score (nSPS) is 17.1. The Kier molecular flexibility index (Phi) is 5.35. The van der Waals surface area contributed by atoms with Gasteiger partial charge in [0.25, 0.3) is 0 Å². The van der Waals surface area contributed by atoms with Gasteiger partial charge in [0.2, 0.25) is 16.0 Å². The minimum atomic E-state index is -3.64. The molecular formula is C20H20ClN5O3S2. The smallest absolute Gasteiger partial charge is 0.243 e. The third-order valence-corrected chi connectivity index (χ3v) is 8.00. The van der Waals surface area contributed by atoms with Gasteiger partial charge in [-0.2, -0.15) is 4.31 Å². The van der Waals surface area contributed by atoms with Crippen molar-refractivity contribution in [3.63, 3.8) is 0 Å². The molecule has 162 valence electrons. The summed E-state index contributed by atoms with van der Waals surface area (Å²) >= 11 is 12.0. The van der Waals surface area contributed by atoms with E-state index in [4.69, 9.17) is 33.5 Å². The first-order chi connectivity index (χ1) is 14.9. The minimum Gasteiger partial charge on any atom is -0.379 e. The van der Waals surface area contributed by atoms with Gasteiger partial charge in [-0.05, 0) is 42.5 Å². The van der Waals surface area contributed by atoms with Gasteiger partial charge in [0.15, 0.2) is 5.11 Å². The van der Waals surface area contributed by atoms with E-state index in [1.54, 1.807) is 6.07 Å². The van der Waals surface area contributed by atoms with Gasteiger partial charge in [-0.25, -0.2) is 13.4 Å². The molecule has 0 unspecified atom stereocenters. The lowest BCUT2D eigenvalue weighted by molar-refractivity contribution is 0.0730. The largest absolute Gasteiger partial charge is 0.379 e. The second-order valence-corrected chi connectivity index (χ2v) is 10.0. The number of hydrogen-bond acceptors (Lipinski definition) is 5. The summed E-state index contributed by atoms with van der Waals surface area (Å²) in [7, 11) is -3.64. The topological polar surface area (TPSA) is 79.7 Å². The zero-order valence-electron chi connectivity index (χ0n) is 16.5. The van der Waals surface area contributed by atoms with Crippen molar-refractivity contribution in [3.05, 3.63) is 47.5 Å². The summed E-state index contributed by atoms with van der Waals surface area (Å²) in [6.07, 6.45) is 0. The third kappa shape index (κ3) is 3.68. The molecule has 2 aliphatic rings. The van der Waals surface area contributed by atoms with Crippen LogP contribution >= 0.6 is 23.8 Å². The van der Waals surface area contributed by atoms with Crippen molar-refractivity contribution in [3.8, 4) is 0 Å². The number of ether oxygens (including phenoxy) is 1. The summed E-state index contributed by atoms with van der Waals surface area (Å²) in [6, 6.07) is 12.5. The molecule has 0 aliphatic carbocycles. The highest BCUT2D eigenvalue weighted by Gasteiger charge is 2.29. The summed E-state index contributed by atoms with van der Waals surface area (Å²) in [5.41, 5.74) is 2.40. The van der Waals surface area contributed by atoms with Crippen molar-refractivity contribution in [2.45, 2.75) is 11.4 Å². The number of para-hydroxylation sites is 2. The number of thiocarbonyl (C=S) groups is 1. The number of hydrogen-bond donors (Lipinski definition) is 1. The third-order valence-electron chi connectivity index (χ3n) is 5.46. The standard InChI is InChI=1S/C20H20ClN5O3S2/c21-15-6-5-14(31(27,28)24-9-11-29-12-10-24)13-17(15)23-20(30)26-8-7-25-18-4-2-1-3-16(18)22-19(25)26/h1-6,13H,7-12H2,(H,23,30). The molecule has 1 saturated heterocycles. The number of halogens is 1. The zero-order valence-corrected chi connectivity index (χ0v) is 18.9. The number of nitrogens with one attached hydrogen (secondary N) is 1. The predicted molar refractivity (Wildman–Crippen MR) is 124 cm³/mol. The van der Waals surface area contributed by atoms with Crippen molar-refractivity contribution >= 4 is 61.6 Å². The maximum absolute atomic E-state index is 13.0. The Morgan fingerprint density at radius 1 is 1.10 bits per heavy atom.